The molecule has 0 aromatic rings. The molecule has 146 valence electrons. The van der Waals surface area contributed by atoms with Crippen molar-refractivity contribution >= 4 is 0 Å². The van der Waals surface area contributed by atoms with Gasteiger partial charge in [0.2, 0.25) is 0 Å². The molecule has 8 nitrogen and oxygen atoms in total. The molecule has 2 aliphatic rings. The lowest BCUT2D eigenvalue weighted by Crippen LogP contribution is -2.39. The van der Waals surface area contributed by atoms with Gasteiger partial charge in [-0.3, -0.25) is 0 Å². The Bertz CT molecular complexity index is 503. The van der Waals surface area contributed by atoms with Crippen molar-refractivity contribution in [1.29, 1.82) is 22.1 Å². The second kappa shape index (κ2) is 7.96. The maximum Gasteiger partial charge on any atom is 0.0815 e. The van der Waals surface area contributed by atoms with Crippen LogP contribution in [0.4, 0.5) is 0 Å². The molecule has 0 aliphatic heterocycles. The minimum Gasteiger partial charge on any atom is -0.209 e. The number of nitrogens with one attached hydrogen (secondary N) is 4. The number of fused-ring (bicyclic) bond motifs is 3. The molecule has 0 radical (unpaired) electrons. The highest BCUT2D eigenvalue weighted by Crippen LogP contribution is 2.44. The molecule has 0 saturated heterocycles. The summed E-state index contributed by atoms with van der Waals surface area (Å²) >= 11 is 0. The Labute approximate surface area is 156 Å². The van der Waals surface area contributed by atoms with Gasteiger partial charge in [0.05, 0.1) is 22.2 Å². The van der Waals surface area contributed by atoms with E-state index in [9.17, 15) is 0 Å². The second-order valence-electron chi connectivity index (χ2n) is 9.10. The number of rotatable bonds is 4. The largest absolute Gasteiger partial charge is 0.209 e. The van der Waals surface area contributed by atoms with Crippen LogP contribution >= 0.6 is 0 Å². The van der Waals surface area contributed by atoms with Crippen molar-refractivity contribution in [1.82, 2.24) is 0 Å². The van der Waals surface area contributed by atoms with E-state index < -0.39 is 22.2 Å². The minimum atomic E-state index is -0.459. The van der Waals surface area contributed by atoms with E-state index in [0.717, 1.165) is 77.0 Å². The van der Waals surface area contributed by atoms with Crippen LogP contribution in [0.2, 0.25) is 0 Å². The maximum absolute atomic E-state index is 7.92. The first-order chi connectivity index (χ1) is 12.3. The lowest BCUT2D eigenvalue weighted by Gasteiger charge is -2.40. The third-order valence-corrected chi connectivity index (χ3v) is 7.04. The van der Waals surface area contributed by atoms with Gasteiger partial charge in [0.25, 0.3) is 0 Å². The smallest absolute Gasteiger partial charge is 0.0815 e. The highest BCUT2D eigenvalue weighted by atomic mass is 15.1. The van der Waals surface area contributed by atoms with Crippen LogP contribution < -0.4 is 0 Å². The van der Waals surface area contributed by atoms with Crippen molar-refractivity contribution in [3.8, 4) is 0 Å². The van der Waals surface area contributed by atoms with Crippen LogP contribution in [-0.4, -0.2) is 22.2 Å². The molecule has 0 spiro atoms. The third kappa shape index (κ3) is 4.57. The van der Waals surface area contributed by atoms with Gasteiger partial charge in [0.15, 0.2) is 0 Å². The third-order valence-electron chi connectivity index (χ3n) is 7.04. The van der Waals surface area contributed by atoms with Gasteiger partial charge in [0, 0.05) is 0 Å². The maximum atomic E-state index is 7.92. The van der Waals surface area contributed by atoms with Crippen molar-refractivity contribution < 1.29 is 0 Å². The molecule has 2 rings (SSSR count). The molecule has 2 saturated carbocycles. The first-order valence-corrected chi connectivity index (χ1v) is 9.82. The number of nitrogens with zero attached hydrogens (tertiary/aromatic N) is 4. The van der Waals surface area contributed by atoms with Crippen molar-refractivity contribution in [3.05, 3.63) is 0 Å². The van der Waals surface area contributed by atoms with Crippen LogP contribution in [0, 0.1) is 22.1 Å². The van der Waals surface area contributed by atoms with E-state index in [1.54, 1.807) is 0 Å². The van der Waals surface area contributed by atoms with Gasteiger partial charge in [-0.05, 0) is 90.9 Å². The minimum absolute atomic E-state index is 0.407. The fourth-order valence-electron chi connectivity index (χ4n) is 4.62. The molecule has 0 heterocycles. The fraction of sp³-hybridized carbons (Fsp3) is 1.00. The van der Waals surface area contributed by atoms with E-state index in [-0.39, 0.29) is 0 Å². The standard InChI is InChI=1S/C18H34N8/c1-15(23-19)5-3-7-18(26-22)12-10-16(2,24-20)6-4-8-17(25-21,11-9-15)13-14-18/h19-22H,3-14H2,1-2H3. The second-order valence-corrected chi connectivity index (χ2v) is 9.10. The monoisotopic (exact) mass is 362 g/mol. The van der Waals surface area contributed by atoms with Crippen molar-refractivity contribution in [2.24, 2.45) is 20.5 Å². The predicted molar refractivity (Wildman–Crippen MR) is 98.3 cm³/mol. The van der Waals surface area contributed by atoms with Crippen LogP contribution in [0.3, 0.4) is 0 Å². The highest BCUT2D eigenvalue weighted by Gasteiger charge is 2.42. The van der Waals surface area contributed by atoms with Crippen molar-refractivity contribution in [2.45, 2.75) is 113 Å². The molecule has 0 aromatic heterocycles. The fourth-order valence-corrected chi connectivity index (χ4v) is 4.62. The molecule has 2 aliphatic carbocycles. The molecule has 8 heteroatoms. The average molecular weight is 363 g/mol. The molecule has 4 atom stereocenters. The van der Waals surface area contributed by atoms with Gasteiger partial charge in [-0.1, -0.05) is 0 Å². The Kier molecular flexibility index (Phi) is 6.34. The highest BCUT2D eigenvalue weighted by molar-refractivity contribution is 5.00. The zero-order chi connectivity index (χ0) is 19.3. The molecular formula is C18H34N8. The number of hydrogen-bond acceptors (Lipinski definition) is 8. The topological polar surface area (TPSA) is 145 Å². The van der Waals surface area contributed by atoms with Crippen LogP contribution in [0.25, 0.3) is 0 Å². The van der Waals surface area contributed by atoms with E-state index in [2.05, 4.69) is 20.5 Å². The van der Waals surface area contributed by atoms with Gasteiger partial charge in [0.1, 0.15) is 0 Å². The van der Waals surface area contributed by atoms with Crippen molar-refractivity contribution in [2.75, 3.05) is 0 Å². The number of hydrogen-bond donors (Lipinski definition) is 4. The Balaban J connectivity index is 2.40. The van der Waals surface area contributed by atoms with Gasteiger partial charge in [-0.25, -0.2) is 22.1 Å². The van der Waals surface area contributed by atoms with Crippen LogP contribution in [-0.2, 0) is 0 Å². The summed E-state index contributed by atoms with van der Waals surface area (Å²) in [4.78, 5) is 0. The van der Waals surface area contributed by atoms with Crippen molar-refractivity contribution in [3.63, 3.8) is 0 Å². The Morgan fingerprint density at radius 3 is 1.12 bits per heavy atom. The molecule has 0 amide bonds. The van der Waals surface area contributed by atoms with E-state index in [4.69, 9.17) is 22.1 Å². The van der Waals surface area contributed by atoms with E-state index in [0.29, 0.717) is 0 Å². The van der Waals surface area contributed by atoms with Gasteiger partial charge >= 0.3 is 0 Å². The molecule has 2 fully saturated rings. The van der Waals surface area contributed by atoms with Gasteiger partial charge in [-0.15, -0.1) is 0 Å². The molecular weight excluding hydrogens is 328 g/mol. The average Bonchev–Trinajstić information content (AvgIpc) is 2.67. The molecule has 2 bridgehead atoms. The van der Waals surface area contributed by atoms with Crippen LogP contribution in [0.15, 0.2) is 20.5 Å². The summed E-state index contributed by atoms with van der Waals surface area (Å²) in [6, 6.07) is 0. The summed E-state index contributed by atoms with van der Waals surface area (Å²) in [5.41, 5.74) is 29.4. The van der Waals surface area contributed by atoms with E-state index in [1.165, 1.54) is 0 Å². The lowest BCUT2D eigenvalue weighted by molar-refractivity contribution is 0.169. The zero-order valence-electron chi connectivity index (χ0n) is 16.3. The molecule has 4 unspecified atom stereocenters. The molecule has 4 N–H and O–H groups in total. The Morgan fingerprint density at radius 1 is 0.462 bits per heavy atom. The summed E-state index contributed by atoms with van der Waals surface area (Å²) in [5.74, 6) is 0. The Hall–Kier alpha value is -1.60. The lowest BCUT2D eigenvalue weighted by atomic mass is 9.70. The molecule has 26 heavy (non-hydrogen) atoms. The first-order valence-electron chi connectivity index (χ1n) is 9.82. The predicted octanol–water partition coefficient (Wildman–Crippen LogP) is 6.81. The van der Waals surface area contributed by atoms with Gasteiger partial charge < -0.3 is 0 Å². The first kappa shape index (κ1) is 20.7. The summed E-state index contributed by atoms with van der Waals surface area (Å²) in [6.07, 6.45) is 9.55. The van der Waals surface area contributed by atoms with Crippen LogP contribution in [0.1, 0.15) is 90.9 Å². The summed E-state index contributed by atoms with van der Waals surface area (Å²) in [5, 5.41) is 16.0. The van der Waals surface area contributed by atoms with E-state index >= 15 is 0 Å². The summed E-state index contributed by atoms with van der Waals surface area (Å²) in [7, 11) is 0. The van der Waals surface area contributed by atoms with Gasteiger partial charge in [-0.2, -0.15) is 20.5 Å². The Morgan fingerprint density at radius 2 is 0.808 bits per heavy atom. The quantitative estimate of drug-likeness (QED) is 0.389. The zero-order valence-corrected chi connectivity index (χ0v) is 16.3. The summed E-state index contributed by atoms with van der Waals surface area (Å²) in [6.45, 7) is 4.05. The normalized spacial score (nSPS) is 42.4. The molecule has 0 aromatic carbocycles. The van der Waals surface area contributed by atoms with E-state index in [1.807, 2.05) is 13.8 Å². The van der Waals surface area contributed by atoms with Crippen LogP contribution in [0.5, 0.6) is 0 Å². The summed E-state index contributed by atoms with van der Waals surface area (Å²) < 4.78 is 0. The SMILES string of the molecule is CC1(N=N)CCCC2(N=N)CCC(C)(N=N)CCCC(N=N)(CC1)CC2.